The quantitative estimate of drug-likeness (QED) is 0.675. The van der Waals surface area contributed by atoms with E-state index in [2.05, 4.69) is 58.3 Å². The van der Waals surface area contributed by atoms with Crippen molar-refractivity contribution in [2.45, 2.75) is 17.9 Å². The standard InChI is InChI=1S/C22H32N6OS/c1-16-15-30-21-19(16)20(29-14-13-26(2)3)24-22(25-21)23-17-5-7-18(8-6-17)28-11-9-27(4)10-12-28/h5-8,16H,9-15H2,1-4H3,(H,23,24,25). The number of ether oxygens (including phenoxy) is 1. The minimum atomic E-state index is 0.413. The highest BCUT2D eigenvalue weighted by Gasteiger charge is 2.27. The van der Waals surface area contributed by atoms with Gasteiger partial charge in [0.2, 0.25) is 11.8 Å². The van der Waals surface area contributed by atoms with E-state index in [-0.39, 0.29) is 0 Å². The van der Waals surface area contributed by atoms with Crippen LogP contribution in [0.3, 0.4) is 0 Å². The van der Waals surface area contributed by atoms with Gasteiger partial charge in [0, 0.05) is 49.9 Å². The summed E-state index contributed by atoms with van der Waals surface area (Å²) >= 11 is 1.78. The molecule has 1 saturated heterocycles. The molecule has 2 aromatic rings. The summed E-state index contributed by atoms with van der Waals surface area (Å²) in [6, 6.07) is 8.55. The Kier molecular flexibility index (Phi) is 6.65. The van der Waals surface area contributed by atoms with Crippen LogP contribution in [0.15, 0.2) is 29.3 Å². The smallest absolute Gasteiger partial charge is 0.231 e. The summed E-state index contributed by atoms with van der Waals surface area (Å²) in [7, 11) is 6.27. The average molecular weight is 429 g/mol. The molecule has 0 bridgehead atoms. The Morgan fingerprint density at radius 1 is 1.13 bits per heavy atom. The summed E-state index contributed by atoms with van der Waals surface area (Å²) in [5, 5.41) is 4.41. The Hall–Kier alpha value is -2.03. The fourth-order valence-corrected chi connectivity index (χ4v) is 4.86. The largest absolute Gasteiger partial charge is 0.476 e. The third kappa shape index (κ3) is 4.99. The normalized spacial score (nSPS) is 19.2. The molecule has 0 saturated carbocycles. The Labute approximate surface area is 183 Å². The van der Waals surface area contributed by atoms with Crippen LogP contribution in [-0.2, 0) is 0 Å². The number of likely N-dealkylation sites (N-methyl/N-ethyl adjacent to an activating group) is 2. The molecule has 1 fully saturated rings. The summed E-state index contributed by atoms with van der Waals surface area (Å²) in [5.74, 6) is 2.76. The first-order chi connectivity index (χ1) is 14.5. The fourth-order valence-electron chi connectivity index (χ4n) is 3.69. The van der Waals surface area contributed by atoms with Gasteiger partial charge in [-0.25, -0.2) is 4.98 Å². The van der Waals surface area contributed by atoms with Crippen molar-refractivity contribution >= 4 is 29.1 Å². The molecule has 2 aliphatic rings. The van der Waals surface area contributed by atoms with Gasteiger partial charge in [-0.3, -0.25) is 0 Å². The lowest BCUT2D eigenvalue weighted by atomic mass is 10.1. The Balaban J connectivity index is 1.47. The van der Waals surface area contributed by atoms with E-state index in [9.17, 15) is 0 Å². The average Bonchev–Trinajstić information content (AvgIpc) is 3.10. The van der Waals surface area contributed by atoms with E-state index in [1.807, 2.05) is 14.1 Å². The number of nitrogens with zero attached hydrogens (tertiary/aromatic N) is 5. The summed E-state index contributed by atoms with van der Waals surface area (Å²) in [4.78, 5) is 16.4. The predicted molar refractivity (Wildman–Crippen MR) is 125 cm³/mol. The van der Waals surface area contributed by atoms with Gasteiger partial charge < -0.3 is 24.8 Å². The minimum Gasteiger partial charge on any atom is -0.476 e. The Morgan fingerprint density at radius 3 is 2.57 bits per heavy atom. The molecule has 1 atom stereocenters. The van der Waals surface area contributed by atoms with Gasteiger partial charge in [-0.15, -0.1) is 11.8 Å². The first-order valence-electron chi connectivity index (χ1n) is 10.6. The Bertz CT molecular complexity index is 851. The number of hydrogen-bond acceptors (Lipinski definition) is 8. The van der Waals surface area contributed by atoms with Gasteiger partial charge in [0.25, 0.3) is 0 Å². The van der Waals surface area contributed by atoms with E-state index in [1.54, 1.807) is 11.8 Å². The van der Waals surface area contributed by atoms with Crippen LogP contribution < -0.4 is 15.0 Å². The number of piperazine rings is 1. The molecule has 0 spiro atoms. The minimum absolute atomic E-state index is 0.413. The van der Waals surface area contributed by atoms with E-state index >= 15 is 0 Å². The highest BCUT2D eigenvalue weighted by atomic mass is 32.2. The molecule has 4 rings (SSSR count). The number of fused-ring (bicyclic) bond motifs is 1. The maximum absolute atomic E-state index is 6.06. The second-order valence-electron chi connectivity index (χ2n) is 8.40. The number of thioether (sulfide) groups is 1. The van der Waals surface area contributed by atoms with Gasteiger partial charge in [0.05, 0.1) is 5.56 Å². The van der Waals surface area contributed by atoms with Crippen molar-refractivity contribution in [2.75, 3.05) is 76.4 Å². The topological polar surface area (TPSA) is 56.8 Å². The van der Waals surface area contributed by atoms with Crippen LogP contribution >= 0.6 is 11.8 Å². The maximum Gasteiger partial charge on any atom is 0.231 e. The first kappa shape index (κ1) is 21.2. The predicted octanol–water partition coefficient (Wildman–Crippen LogP) is 3.12. The van der Waals surface area contributed by atoms with Crippen LogP contribution in [0.2, 0.25) is 0 Å². The van der Waals surface area contributed by atoms with Gasteiger partial charge >= 0.3 is 0 Å². The van der Waals surface area contributed by atoms with E-state index in [0.29, 0.717) is 18.5 Å². The molecular weight excluding hydrogens is 396 g/mol. The molecule has 0 amide bonds. The molecule has 1 aromatic heterocycles. The third-order valence-electron chi connectivity index (χ3n) is 5.61. The van der Waals surface area contributed by atoms with Gasteiger partial charge in [-0.1, -0.05) is 6.92 Å². The number of benzene rings is 1. The van der Waals surface area contributed by atoms with Crippen molar-refractivity contribution in [3.8, 4) is 5.88 Å². The number of anilines is 3. The van der Waals surface area contributed by atoms with Crippen LogP contribution in [0.5, 0.6) is 5.88 Å². The highest BCUT2D eigenvalue weighted by Crippen LogP contribution is 2.43. The van der Waals surface area contributed by atoms with E-state index in [4.69, 9.17) is 14.7 Å². The fraction of sp³-hybridized carbons (Fsp3) is 0.545. The lowest BCUT2D eigenvalue weighted by Gasteiger charge is -2.34. The van der Waals surface area contributed by atoms with Crippen molar-refractivity contribution in [3.05, 3.63) is 29.8 Å². The van der Waals surface area contributed by atoms with Crippen molar-refractivity contribution in [1.29, 1.82) is 0 Å². The second-order valence-corrected chi connectivity index (χ2v) is 9.41. The van der Waals surface area contributed by atoms with Crippen LogP contribution in [0.4, 0.5) is 17.3 Å². The molecule has 2 aliphatic heterocycles. The summed E-state index contributed by atoms with van der Waals surface area (Å²) in [5.41, 5.74) is 3.40. The molecule has 8 heteroatoms. The van der Waals surface area contributed by atoms with Gasteiger partial charge in [0.15, 0.2) is 0 Å². The van der Waals surface area contributed by atoms with Gasteiger partial charge in [-0.2, -0.15) is 4.98 Å². The van der Waals surface area contributed by atoms with Crippen LogP contribution in [0, 0.1) is 0 Å². The number of nitrogens with one attached hydrogen (secondary N) is 1. The number of aromatic nitrogens is 2. The lowest BCUT2D eigenvalue weighted by molar-refractivity contribution is 0.250. The zero-order chi connectivity index (χ0) is 21.1. The van der Waals surface area contributed by atoms with Crippen LogP contribution in [-0.4, -0.2) is 86.0 Å². The van der Waals surface area contributed by atoms with Gasteiger partial charge in [0.1, 0.15) is 11.6 Å². The molecule has 3 heterocycles. The van der Waals surface area contributed by atoms with Crippen molar-refractivity contribution in [3.63, 3.8) is 0 Å². The molecule has 30 heavy (non-hydrogen) atoms. The molecule has 1 aromatic carbocycles. The monoisotopic (exact) mass is 428 g/mol. The summed E-state index contributed by atoms with van der Waals surface area (Å²) in [6.07, 6.45) is 0. The molecule has 0 aliphatic carbocycles. The third-order valence-corrected chi connectivity index (χ3v) is 6.86. The van der Waals surface area contributed by atoms with E-state index in [0.717, 1.165) is 60.6 Å². The van der Waals surface area contributed by atoms with Crippen molar-refractivity contribution in [1.82, 2.24) is 19.8 Å². The molecule has 162 valence electrons. The van der Waals surface area contributed by atoms with Crippen molar-refractivity contribution in [2.24, 2.45) is 0 Å². The first-order valence-corrected chi connectivity index (χ1v) is 11.6. The highest BCUT2D eigenvalue weighted by molar-refractivity contribution is 7.99. The SMILES string of the molecule is CC1CSc2nc(Nc3ccc(N4CCN(C)CC4)cc3)nc(OCCN(C)C)c21. The van der Waals surface area contributed by atoms with Crippen LogP contribution in [0.1, 0.15) is 18.4 Å². The summed E-state index contributed by atoms with van der Waals surface area (Å²) < 4.78 is 6.06. The van der Waals surface area contributed by atoms with Crippen LogP contribution in [0.25, 0.3) is 0 Å². The molecule has 1 unspecified atom stereocenters. The van der Waals surface area contributed by atoms with Gasteiger partial charge in [-0.05, 0) is 51.3 Å². The van der Waals surface area contributed by atoms with E-state index in [1.165, 1.54) is 5.69 Å². The van der Waals surface area contributed by atoms with Crippen molar-refractivity contribution < 1.29 is 4.74 Å². The molecular formula is C22H32N6OS. The number of hydrogen-bond donors (Lipinski definition) is 1. The molecule has 0 radical (unpaired) electrons. The number of rotatable bonds is 7. The maximum atomic E-state index is 6.06. The Morgan fingerprint density at radius 2 is 1.87 bits per heavy atom. The molecule has 7 nitrogen and oxygen atoms in total. The molecule has 1 N–H and O–H groups in total. The zero-order valence-electron chi connectivity index (χ0n) is 18.4. The zero-order valence-corrected chi connectivity index (χ0v) is 19.2. The lowest BCUT2D eigenvalue weighted by Crippen LogP contribution is -2.44. The second kappa shape index (κ2) is 9.41. The van der Waals surface area contributed by atoms with E-state index < -0.39 is 0 Å². The summed E-state index contributed by atoms with van der Waals surface area (Å²) in [6.45, 7) is 8.04.